The first kappa shape index (κ1) is 14.6. The average molecular weight is 294 g/mol. The van der Waals surface area contributed by atoms with Crippen molar-refractivity contribution in [3.8, 4) is 6.01 Å². The third-order valence-corrected chi connectivity index (χ3v) is 3.19. The van der Waals surface area contributed by atoms with Crippen LogP contribution in [0.5, 0.6) is 6.01 Å². The Bertz CT molecular complexity index is 519. The lowest BCUT2D eigenvalue weighted by atomic mass is 10.5. The highest BCUT2D eigenvalue weighted by Gasteiger charge is 2.08. The molecule has 0 aromatic carbocycles. The Hall–Kier alpha value is -1.76. The third kappa shape index (κ3) is 4.41. The second-order valence-electron chi connectivity index (χ2n) is 3.95. The summed E-state index contributed by atoms with van der Waals surface area (Å²) in [5.41, 5.74) is 0. The molecule has 0 atom stereocenters. The summed E-state index contributed by atoms with van der Waals surface area (Å²) in [4.78, 5) is 12.8. The van der Waals surface area contributed by atoms with Crippen LogP contribution >= 0.6 is 11.8 Å². The van der Waals surface area contributed by atoms with Crippen LogP contribution in [-0.4, -0.2) is 28.1 Å². The third-order valence-electron chi connectivity index (χ3n) is 2.32. The topological polar surface area (TPSA) is 73.1 Å². The minimum Gasteiger partial charge on any atom is -0.468 e. The number of aromatic nitrogens is 3. The first-order valence-corrected chi connectivity index (χ1v) is 7.58. The summed E-state index contributed by atoms with van der Waals surface area (Å²) in [7, 11) is 0. The molecule has 2 aromatic rings. The van der Waals surface area contributed by atoms with Crippen LogP contribution in [0.15, 0.2) is 28.0 Å². The van der Waals surface area contributed by atoms with Gasteiger partial charge in [-0.15, -0.1) is 0 Å². The summed E-state index contributed by atoms with van der Waals surface area (Å²) in [5, 5.41) is 3.77. The Labute approximate surface area is 122 Å². The van der Waals surface area contributed by atoms with Crippen LogP contribution in [0, 0.1) is 0 Å². The lowest BCUT2D eigenvalue weighted by Gasteiger charge is -2.07. The van der Waals surface area contributed by atoms with Gasteiger partial charge < -0.3 is 14.5 Å². The fraction of sp³-hybridized carbons (Fsp3) is 0.462. The molecule has 0 aliphatic heterocycles. The van der Waals surface area contributed by atoms with E-state index in [-0.39, 0.29) is 0 Å². The van der Waals surface area contributed by atoms with Gasteiger partial charge in [-0.3, -0.25) is 0 Å². The predicted octanol–water partition coefficient (Wildman–Crippen LogP) is 2.98. The highest BCUT2D eigenvalue weighted by Crippen LogP contribution is 2.22. The molecule has 0 saturated carbocycles. The number of nitrogens with one attached hydrogen (secondary N) is 1. The van der Waals surface area contributed by atoms with Crippen molar-refractivity contribution in [1.82, 2.24) is 15.0 Å². The van der Waals surface area contributed by atoms with Crippen LogP contribution in [0.4, 0.5) is 5.95 Å². The van der Waals surface area contributed by atoms with E-state index in [9.17, 15) is 0 Å². The molecule has 0 aliphatic carbocycles. The van der Waals surface area contributed by atoms with E-state index in [1.807, 2.05) is 19.1 Å². The van der Waals surface area contributed by atoms with Crippen LogP contribution in [0.25, 0.3) is 0 Å². The zero-order valence-electron chi connectivity index (χ0n) is 11.6. The Balaban J connectivity index is 2.06. The smallest absolute Gasteiger partial charge is 0.322 e. The summed E-state index contributed by atoms with van der Waals surface area (Å²) in [6, 6.07) is 4.14. The minimum absolute atomic E-state index is 0.350. The number of ether oxygens (including phenoxy) is 1. The van der Waals surface area contributed by atoms with Crippen LogP contribution in [0.1, 0.15) is 26.0 Å². The molecule has 0 unspecified atom stereocenters. The van der Waals surface area contributed by atoms with Gasteiger partial charge in [-0.25, -0.2) is 0 Å². The molecule has 2 heterocycles. The standard InChI is InChI=1S/C13H18N4O2S/c1-3-7-14-11-15-12(18-4-2)17-13(16-11)20-9-10-6-5-8-19-10/h5-6,8H,3-4,7,9H2,1-2H3,(H,14,15,16,17). The Morgan fingerprint density at radius 3 is 2.90 bits per heavy atom. The predicted molar refractivity (Wildman–Crippen MR) is 78.0 cm³/mol. The van der Waals surface area contributed by atoms with E-state index in [1.54, 1.807) is 6.26 Å². The van der Waals surface area contributed by atoms with E-state index in [0.717, 1.165) is 18.7 Å². The van der Waals surface area contributed by atoms with E-state index in [4.69, 9.17) is 9.15 Å². The Morgan fingerprint density at radius 2 is 2.20 bits per heavy atom. The average Bonchev–Trinajstić information content (AvgIpc) is 2.96. The number of furan rings is 1. The van der Waals surface area contributed by atoms with Gasteiger partial charge in [0.2, 0.25) is 5.95 Å². The lowest BCUT2D eigenvalue weighted by molar-refractivity contribution is 0.308. The molecule has 0 spiro atoms. The van der Waals surface area contributed by atoms with E-state index < -0.39 is 0 Å². The zero-order chi connectivity index (χ0) is 14.2. The molecule has 2 aromatic heterocycles. The molecule has 0 amide bonds. The summed E-state index contributed by atoms with van der Waals surface area (Å²) >= 11 is 1.49. The number of nitrogens with zero attached hydrogens (tertiary/aromatic N) is 3. The SMILES string of the molecule is CCCNc1nc(OCC)nc(SCc2ccco2)n1. The molecule has 0 saturated heterocycles. The molecule has 0 radical (unpaired) electrons. The molecule has 1 N–H and O–H groups in total. The maximum absolute atomic E-state index is 5.37. The fourth-order valence-corrected chi connectivity index (χ4v) is 2.17. The lowest BCUT2D eigenvalue weighted by Crippen LogP contribution is -2.08. The van der Waals surface area contributed by atoms with E-state index in [0.29, 0.717) is 29.5 Å². The largest absolute Gasteiger partial charge is 0.468 e. The van der Waals surface area contributed by atoms with Crippen LogP contribution in [-0.2, 0) is 5.75 Å². The van der Waals surface area contributed by atoms with Gasteiger partial charge >= 0.3 is 6.01 Å². The summed E-state index contributed by atoms with van der Waals surface area (Å²) in [5.74, 6) is 2.11. The first-order valence-electron chi connectivity index (χ1n) is 6.59. The summed E-state index contributed by atoms with van der Waals surface area (Å²) in [6.07, 6.45) is 2.66. The Kier molecular flexibility index (Phi) is 5.67. The molecular formula is C13H18N4O2S. The molecule has 2 rings (SSSR count). The zero-order valence-corrected chi connectivity index (χ0v) is 12.4. The van der Waals surface area contributed by atoms with E-state index in [1.165, 1.54) is 11.8 Å². The van der Waals surface area contributed by atoms with E-state index >= 15 is 0 Å². The molecule has 6 nitrogen and oxygen atoms in total. The van der Waals surface area contributed by atoms with Crippen molar-refractivity contribution in [2.24, 2.45) is 0 Å². The van der Waals surface area contributed by atoms with Gasteiger partial charge in [0.25, 0.3) is 0 Å². The number of hydrogen-bond acceptors (Lipinski definition) is 7. The van der Waals surface area contributed by atoms with Crippen molar-refractivity contribution in [2.45, 2.75) is 31.2 Å². The molecule has 0 aliphatic rings. The number of rotatable bonds is 8. The summed E-state index contributed by atoms with van der Waals surface area (Å²) < 4.78 is 10.7. The number of thioether (sulfide) groups is 1. The quantitative estimate of drug-likeness (QED) is 0.750. The Morgan fingerprint density at radius 1 is 1.30 bits per heavy atom. The van der Waals surface area contributed by atoms with Crippen LogP contribution in [0.2, 0.25) is 0 Å². The van der Waals surface area contributed by atoms with Gasteiger partial charge in [-0.2, -0.15) is 15.0 Å². The van der Waals surface area contributed by atoms with Crippen molar-refractivity contribution < 1.29 is 9.15 Å². The minimum atomic E-state index is 0.350. The van der Waals surface area contributed by atoms with Crippen molar-refractivity contribution in [1.29, 1.82) is 0 Å². The van der Waals surface area contributed by atoms with Crippen LogP contribution in [0.3, 0.4) is 0 Å². The van der Waals surface area contributed by atoms with Gasteiger partial charge in [0.05, 0.1) is 18.6 Å². The van der Waals surface area contributed by atoms with Crippen molar-refractivity contribution in [2.75, 3.05) is 18.5 Å². The van der Waals surface area contributed by atoms with Gasteiger partial charge in [0, 0.05) is 6.54 Å². The molecule has 0 bridgehead atoms. The highest BCUT2D eigenvalue weighted by molar-refractivity contribution is 7.98. The molecule has 108 valence electrons. The van der Waals surface area contributed by atoms with Gasteiger partial charge in [-0.1, -0.05) is 18.7 Å². The maximum atomic E-state index is 5.37. The number of anilines is 1. The van der Waals surface area contributed by atoms with Gasteiger partial charge in [-0.05, 0) is 25.5 Å². The summed E-state index contributed by atoms with van der Waals surface area (Å²) in [6.45, 7) is 5.33. The van der Waals surface area contributed by atoms with Gasteiger partial charge in [0.15, 0.2) is 5.16 Å². The molecule has 20 heavy (non-hydrogen) atoms. The van der Waals surface area contributed by atoms with Crippen LogP contribution < -0.4 is 10.1 Å². The molecule has 7 heteroatoms. The van der Waals surface area contributed by atoms with Crippen molar-refractivity contribution >= 4 is 17.7 Å². The first-order chi connectivity index (χ1) is 9.81. The monoisotopic (exact) mass is 294 g/mol. The highest BCUT2D eigenvalue weighted by atomic mass is 32.2. The fourth-order valence-electron chi connectivity index (χ4n) is 1.44. The normalized spacial score (nSPS) is 10.5. The second-order valence-corrected chi connectivity index (χ2v) is 4.89. The number of hydrogen-bond donors (Lipinski definition) is 1. The van der Waals surface area contributed by atoms with Crippen molar-refractivity contribution in [3.63, 3.8) is 0 Å². The second kappa shape index (κ2) is 7.74. The molecule has 0 fully saturated rings. The van der Waals surface area contributed by atoms with Crippen molar-refractivity contribution in [3.05, 3.63) is 24.2 Å². The molecular weight excluding hydrogens is 276 g/mol. The maximum Gasteiger partial charge on any atom is 0.322 e. The van der Waals surface area contributed by atoms with Gasteiger partial charge in [0.1, 0.15) is 5.76 Å². The van der Waals surface area contributed by atoms with E-state index in [2.05, 4.69) is 27.2 Å².